The maximum absolute atomic E-state index is 13.5. The lowest BCUT2D eigenvalue weighted by Gasteiger charge is -2.13. The molecule has 19 nitrogen and oxygen atoms in total. The summed E-state index contributed by atoms with van der Waals surface area (Å²) in [6.45, 7) is 8.10. The summed E-state index contributed by atoms with van der Waals surface area (Å²) in [5.41, 5.74) is 31.3. The number of anilines is 2. The molecule has 306 valence electrons. The summed E-state index contributed by atoms with van der Waals surface area (Å²) >= 11 is 0. The van der Waals surface area contributed by atoms with Crippen molar-refractivity contribution >= 4 is 69.0 Å². The quantitative estimate of drug-likeness (QED) is 0.0533. The average Bonchev–Trinajstić information content (AvgIpc) is 3.70. The molecule has 0 bridgehead atoms. The minimum atomic E-state index is -0.707. The number of hydrogen-bond acceptors (Lipinski definition) is 13. The highest BCUT2D eigenvalue weighted by Gasteiger charge is 2.22. The van der Waals surface area contributed by atoms with Crippen molar-refractivity contribution in [2.24, 2.45) is 38.7 Å². The number of allylic oxidation sites excluding steroid dienone is 4. The van der Waals surface area contributed by atoms with Crippen molar-refractivity contribution in [3.05, 3.63) is 83.2 Å². The van der Waals surface area contributed by atoms with Crippen LogP contribution in [0.2, 0.25) is 0 Å². The van der Waals surface area contributed by atoms with E-state index in [9.17, 15) is 19.2 Å². The fraction of sp³-hybridized carbons (Fsp3) is 0.282. The van der Waals surface area contributed by atoms with Crippen LogP contribution < -0.4 is 48.8 Å². The van der Waals surface area contributed by atoms with Crippen LogP contribution in [0.25, 0.3) is 22.1 Å². The molecule has 0 unspecified atom stereocenters. The number of nitrogens with zero attached hydrogens (tertiary/aromatic N) is 6. The molecule has 0 spiro atoms. The van der Waals surface area contributed by atoms with Crippen LogP contribution in [0.1, 0.15) is 48.4 Å². The summed E-state index contributed by atoms with van der Waals surface area (Å²) in [4.78, 5) is 69.3. The van der Waals surface area contributed by atoms with E-state index >= 15 is 0 Å². The van der Waals surface area contributed by atoms with Gasteiger partial charge < -0.3 is 47.3 Å². The number of imidazole rings is 2. The molecule has 0 atom stereocenters. The first-order valence-electron chi connectivity index (χ1n) is 18.2. The third kappa shape index (κ3) is 10.7. The number of primary amides is 2. The number of aliphatic imine (C=N–C) groups is 2. The van der Waals surface area contributed by atoms with Crippen LogP contribution >= 0.6 is 0 Å². The SMILES string of the molecule is CCN=C(/C=C(/C)N)C(=O)Nc1nc2cc(C(N)=O)cc(OC)c2n1C/C=C/Cn1c(NC(=O)C(/C=C(/C)N)=NCC)nc2cc(C(N)=O)cc(OC/C=C/CN)c21. The topological polar surface area (TPSA) is 301 Å². The fourth-order valence-electron chi connectivity index (χ4n) is 5.69. The Kier molecular flexibility index (Phi) is 15.0. The first kappa shape index (κ1) is 43.4. The van der Waals surface area contributed by atoms with E-state index in [4.69, 9.17) is 38.1 Å². The number of carbonyl (C=O) groups is 4. The van der Waals surface area contributed by atoms with Gasteiger partial charge in [-0.25, -0.2) is 9.97 Å². The van der Waals surface area contributed by atoms with Crippen LogP contribution in [0.4, 0.5) is 11.9 Å². The predicted octanol–water partition coefficient (Wildman–Crippen LogP) is 2.27. The van der Waals surface area contributed by atoms with E-state index in [2.05, 4.69) is 30.6 Å². The van der Waals surface area contributed by atoms with Gasteiger partial charge in [-0.2, -0.15) is 0 Å². The Morgan fingerprint density at radius 1 is 0.707 bits per heavy atom. The molecule has 4 aromatic rings. The lowest BCUT2D eigenvalue weighted by Crippen LogP contribution is -2.24. The normalized spacial score (nSPS) is 12.9. The number of aromatic nitrogens is 4. The molecule has 0 saturated carbocycles. The van der Waals surface area contributed by atoms with Crippen molar-refractivity contribution in [1.29, 1.82) is 0 Å². The second kappa shape index (κ2) is 20.1. The van der Waals surface area contributed by atoms with Crippen molar-refractivity contribution in [2.45, 2.75) is 40.8 Å². The molecule has 2 aromatic heterocycles. The Morgan fingerprint density at radius 3 is 1.55 bits per heavy atom. The highest BCUT2D eigenvalue weighted by atomic mass is 16.5. The van der Waals surface area contributed by atoms with Crippen molar-refractivity contribution in [1.82, 2.24) is 19.1 Å². The summed E-state index contributed by atoms with van der Waals surface area (Å²) < 4.78 is 15.1. The van der Waals surface area contributed by atoms with Crippen LogP contribution in [-0.4, -0.2) is 87.5 Å². The van der Waals surface area contributed by atoms with E-state index in [0.29, 0.717) is 53.1 Å². The van der Waals surface area contributed by atoms with E-state index in [-0.39, 0.29) is 65.6 Å². The highest BCUT2D eigenvalue weighted by molar-refractivity contribution is 6.47. The zero-order valence-corrected chi connectivity index (χ0v) is 33.0. The number of fused-ring (bicyclic) bond motifs is 2. The van der Waals surface area contributed by atoms with E-state index in [1.165, 1.54) is 43.5 Å². The standard InChI is InChI=1S/C39H49N13O6/c1-6-45-28(16-22(3)41)36(55)49-38-47-26-18-24(34(43)53)20-30(57-5)32(26)51(38)13-9-10-14-52-33-27(19-25(35(44)54)21-31(33)58-15-11-8-12-40)48-39(52)50-37(56)29(46-7-2)17-23(4)42/h8-11,16-21H,6-7,12-15,40-42H2,1-5H3,(H2,43,53)(H2,44,54)(H,47,49,55)(H,48,50,56)/b10-9+,11-8+,22-16-,23-17-,45-28?,46-29?. The number of amides is 4. The molecule has 2 heterocycles. The van der Waals surface area contributed by atoms with Crippen LogP contribution in [0.15, 0.2) is 82.1 Å². The third-order valence-electron chi connectivity index (χ3n) is 8.08. The number of ether oxygens (including phenoxy) is 2. The maximum Gasteiger partial charge on any atom is 0.276 e. The van der Waals surface area contributed by atoms with Crippen LogP contribution in [0.5, 0.6) is 11.5 Å². The average molecular weight is 796 g/mol. The molecule has 4 amide bonds. The van der Waals surface area contributed by atoms with Gasteiger partial charge in [-0.15, -0.1) is 0 Å². The van der Waals surface area contributed by atoms with Gasteiger partial charge in [0.05, 0.1) is 18.1 Å². The lowest BCUT2D eigenvalue weighted by atomic mass is 10.1. The molecule has 0 aliphatic rings. The number of carbonyl (C=O) groups excluding carboxylic acids is 4. The van der Waals surface area contributed by atoms with Gasteiger partial charge in [0.15, 0.2) is 0 Å². The van der Waals surface area contributed by atoms with E-state index in [1.807, 2.05) is 0 Å². The second-order valence-corrected chi connectivity index (χ2v) is 12.6. The summed E-state index contributed by atoms with van der Waals surface area (Å²) in [7, 11) is 1.43. The third-order valence-corrected chi connectivity index (χ3v) is 8.08. The van der Waals surface area contributed by atoms with Crippen LogP contribution in [0, 0.1) is 0 Å². The summed E-state index contributed by atoms with van der Waals surface area (Å²) in [6, 6.07) is 5.97. The first-order valence-corrected chi connectivity index (χ1v) is 18.2. The Labute approximate surface area is 334 Å². The molecule has 0 aliphatic heterocycles. The molecule has 12 N–H and O–H groups in total. The zero-order chi connectivity index (χ0) is 42.5. The summed E-state index contributed by atoms with van der Waals surface area (Å²) in [5, 5.41) is 5.63. The summed E-state index contributed by atoms with van der Waals surface area (Å²) in [6.07, 6.45) is 9.91. The van der Waals surface area contributed by atoms with Gasteiger partial charge in [0, 0.05) is 55.2 Å². The van der Waals surface area contributed by atoms with Crippen molar-refractivity contribution in [3.63, 3.8) is 0 Å². The van der Waals surface area contributed by atoms with Gasteiger partial charge in [-0.05, 0) is 64.1 Å². The predicted molar refractivity (Wildman–Crippen MR) is 225 cm³/mol. The van der Waals surface area contributed by atoms with Gasteiger partial charge in [-0.1, -0.05) is 24.3 Å². The van der Waals surface area contributed by atoms with E-state index in [1.54, 1.807) is 61.1 Å². The molecule has 19 heteroatoms. The zero-order valence-electron chi connectivity index (χ0n) is 33.0. The van der Waals surface area contributed by atoms with Crippen molar-refractivity contribution < 1.29 is 28.7 Å². The Bertz CT molecular complexity index is 2390. The number of methoxy groups -OCH3 is 1. The van der Waals surface area contributed by atoms with Crippen molar-refractivity contribution in [3.8, 4) is 11.5 Å². The molecule has 0 radical (unpaired) electrons. The van der Waals surface area contributed by atoms with Crippen LogP contribution in [0.3, 0.4) is 0 Å². The first-order chi connectivity index (χ1) is 27.7. The smallest absolute Gasteiger partial charge is 0.276 e. The molecular formula is C39H49N13O6. The Hall–Kier alpha value is -7.28. The molecule has 4 rings (SSSR count). The van der Waals surface area contributed by atoms with Gasteiger partial charge in [0.25, 0.3) is 11.8 Å². The molecule has 0 aliphatic carbocycles. The minimum absolute atomic E-state index is 0.0807. The number of nitrogens with two attached hydrogens (primary N) is 5. The molecule has 0 fully saturated rings. The molecule has 2 aromatic carbocycles. The largest absolute Gasteiger partial charge is 0.494 e. The highest BCUT2D eigenvalue weighted by Crippen LogP contribution is 2.33. The molecule has 58 heavy (non-hydrogen) atoms. The van der Waals surface area contributed by atoms with Crippen LogP contribution in [-0.2, 0) is 22.7 Å². The number of nitrogens with one attached hydrogen (secondary N) is 2. The van der Waals surface area contributed by atoms with E-state index < -0.39 is 23.6 Å². The number of rotatable bonds is 19. The molecular weight excluding hydrogens is 747 g/mol. The minimum Gasteiger partial charge on any atom is -0.494 e. The van der Waals surface area contributed by atoms with Gasteiger partial charge in [0.1, 0.15) is 40.6 Å². The summed E-state index contributed by atoms with van der Waals surface area (Å²) in [5.74, 6) is -1.78. The van der Waals surface area contributed by atoms with Gasteiger partial charge >= 0.3 is 0 Å². The Morgan fingerprint density at radius 2 is 1.16 bits per heavy atom. The fourth-order valence-corrected chi connectivity index (χ4v) is 5.69. The van der Waals surface area contributed by atoms with Gasteiger partial charge in [-0.3, -0.25) is 39.8 Å². The monoisotopic (exact) mass is 795 g/mol. The number of hydrogen-bond donors (Lipinski definition) is 7. The number of benzene rings is 2. The lowest BCUT2D eigenvalue weighted by molar-refractivity contribution is -0.111. The van der Waals surface area contributed by atoms with Crippen molar-refractivity contribution in [2.75, 3.05) is 44.0 Å². The maximum atomic E-state index is 13.5. The Balaban J connectivity index is 1.85. The second-order valence-electron chi connectivity index (χ2n) is 12.6. The molecule has 0 saturated heterocycles. The van der Waals surface area contributed by atoms with Gasteiger partial charge in [0.2, 0.25) is 23.7 Å². The van der Waals surface area contributed by atoms with E-state index in [0.717, 1.165) is 0 Å².